The van der Waals surface area contributed by atoms with Crippen LogP contribution in [0.3, 0.4) is 0 Å². The second-order valence-electron chi connectivity index (χ2n) is 4.19. The van der Waals surface area contributed by atoms with Gasteiger partial charge in [0.1, 0.15) is 0 Å². The Morgan fingerprint density at radius 2 is 2.32 bits per heavy atom. The molecule has 0 fully saturated rings. The van der Waals surface area contributed by atoms with Crippen molar-refractivity contribution >= 4 is 12.0 Å². The molecule has 0 saturated carbocycles. The lowest BCUT2D eigenvalue weighted by atomic mass is 10.2. The molecular weight excluding hydrogens is 242 g/mol. The quantitative estimate of drug-likeness (QED) is 0.533. The molecule has 0 aliphatic rings. The van der Waals surface area contributed by atoms with Crippen molar-refractivity contribution in [1.29, 1.82) is 5.41 Å². The second kappa shape index (κ2) is 8.07. The van der Waals surface area contributed by atoms with E-state index in [1.807, 2.05) is 25.1 Å². The maximum Gasteiger partial charge on any atom is 0.324 e. The number of aryl methyl sites for hydroxylation is 1. The molecule has 1 aromatic heterocycles. The van der Waals surface area contributed by atoms with Crippen LogP contribution in [-0.2, 0) is 6.42 Å². The Labute approximate surface area is 113 Å². The standard InChI is InChI=1S/C13H21N5O/c1-2-8-17-13(19)18(12(14)15)10-5-7-11-6-3-4-9-16-11/h3-4,6,9H,2,5,7-8,10H2,1H3,(H3,14,15)(H,17,19). The first kappa shape index (κ1) is 14.9. The zero-order valence-electron chi connectivity index (χ0n) is 11.2. The molecule has 6 heteroatoms. The molecule has 0 aliphatic heterocycles. The fraction of sp³-hybridized carbons (Fsp3) is 0.462. The Hall–Kier alpha value is -2.11. The Bertz CT molecular complexity index is 407. The van der Waals surface area contributed by atoms with Gasteiger partial charge < -0.3 is 11.1 Å². The van der Waals surface area contributed by atoms with Crippen LogP contribution >= 0.6 is 0 Å². The third-order valence-electron chi connectivity index (χ3n) is 2.60. The normalized spacial score (nSPS) is 9.95. The number of guanidine groups is 1. The van der Waals surface area contributed by atoms with Gasteiger partial charge in [-0.05, 0) is 31.4 Å². The van der Waals surface area contributed by atoms with Gasteiger partial charge in [-0.3, -0.25) is 15.3 Å². The number of nitrogens with one attached hydrogen (secondary N) is 2. The summed E-state index contributed by atoms with van der Waals surface area (Å²) in [4.78, 5) is 17.2. The lowest BCUT2D eigenvalue weighted by Gasteiger charge is -2.20. The van der Waals surface area contributed by atoms with Crippen LogP contribution in [0.25, 0.3) is 0 Å². The van der Waals surface area contributed by atoms with Crippen LogP contribution in [0.2, 0.25) is 0 Å². The van der Waals surface area contributed by atoms with Crippen molar-refractivity contribution in [2.75, 3.05) is 13.1 Å². The molecule has 0 bridgehead atoms. The van der Waals surface area contributed by atoms with E-state index < -0.39 is 0 Å². The molecule has 0 spiro atoms. The first-order valence-corrected chi connectivity index (χ1v) is 6.44. The fourth-order valence-corrected chi connectivity index (χ4v) is 1.62. The average molecular weight is 263 g/mol. The first-order chi connectivity index (χ1) is 9.15. The number of nitrogens with zero attached hydrogens (tertiary/aromatic N) is 2. The predicted octanol–water partition coefficient (Wildman–Crippen LogP) is 1.33. The summed E-state index contributed by atoms with van der Waals surface area (Å²) in [5.41, 5.74) is 6.39. The van der Waals surface area contributed by atoms with Crippen molar-refractivity contribution < 1.29 is 4.79 Å². The molecule has 1 aromatic rings. The van der Waals surface area contributed by atoms with Crippen molar-refractivity contribution in [3.8, 4) is 0 Å². The van der Waals surface area contributed by atoms with E-state index in [1.165, 1.54) is 4.90 Å². The highest BCUT2D eigenvalue weighted by atomic mass is 16.2. The van der Waals surface area contributed by atoms with Crippen molar-refractivity contribution in [2.45, 2.75) is 26.2 Å². The molecule has 0 atom stereocenters. The number of pyridine rings is 1. The molecule has 0 aliphatic carbocycles. The number of carbonyl (C=O) groups excluding carboxylic acids is 1. The van der Waals surface area contributed by atoms with E-state index in [9.17, 15) is 4.79 Å². The fourth-order valence-electron chi connectivity index (χ4n) is 1.62. The lowest BCUT2D eigenvalue weighted by molar-refractivity contribution is 0.219. The van der Waals surface area contributed by atoms with Gasteiger partial charge in [-0.1, -0.05) is 13.0 Å². The Kier molecular flexibility index (Phi) is 6.35. The van der Waals surface area contributed by atoms with Gasteiger partial charge >= 0.3 is 6.03 Å². The van der Waals surface area contributed by atoms with Crippen molar-refractivity contribution in [2.24, 2.45) is 5.73 Å². The van der Waals surface area contributed by atoms with E-state index >= 15 is 0 Å². The molecule has 1 rings (SSSR count). The van der Waals surface area contributed by atoms with Gasteiger partial charge in [-0.25, -0.2) is 4.79 Å². The summed E-state index contributed by atoms with van der Waals surface area (Å²) in [5, 5.41) is 10.1. The summed E-state index contributed by atoms with van der Waals surface area (Å²) in [5.74, 6) is -0.227. The van der Waals surface area contributed by atoms with Crippen LogP contribution < -0.4 is 11.1 Å². The summed E-state index contributed by atoms with van der Waals surface area (Å²) >= 11 is 0. The number of hydrogen-bond acceptors (Lipinski definition) is 3. The molecule has 1 heterocycles. The smallest absolute Gasteiger partial charge is 0.324 e. The van der Waals surface area contributed by atoms with Crippen LogP contribution in [0.1, 0.15) is 25.5 Å². The van der Waals surface area contributed by atoms with E-state index in [1.54, 1.807) is 6.20 Å². The van der Waals surface area contributed by atoms with Crippen molar-refractivity contribution in [3.05, 3.63) is 30.1 Å². The van der Waals surface area contributed by atoms with Gasteiger partial charge in [0.15, 0.2) is 5.96 Å². The Morgan fingerprint density at radius 3 is 2.89 bits per heavy atom. The van der Waals surface area contributed by atoms with Crippen molar-refractivity contribution in [1.82, 2.24) is 15.2 Å². The summed E-state index contributed by atoms with van der Waals surface area (Å²) in [6.07, 6.45) is 4.07. The summed E-state index contributed by atoms with van der Waals surface area (Å²) in [6, 6.07) is 5.42. The zero-order chi connectivity index (χ0) is 14.1. The number of carbonyl (C=O) groups is 1. The van der Waals surface area contributed by atoms with Crippen LogP contribution in [0.4, 0.5) is 4.79 Å². The minimum atomic E-state index is -0.310. The predicted molar refractivity (Wildman–Crippen MR) is 74.9 cm³/mol. The third-order valence-corrected chi connectivity index (χ3v) is 2.60. The number of amides is 2. The monoisotopic (exact) mass is 263 g/mol. The van der Waals surface area contributed by atoms with E-state index in [0.29, 0.717) is 13.1 Å². The Morgan fingerprint density at radius 1 is 1.53 bits per heavy atom. The number of hydrogen-bond donors (Lipinski definition) is 3. The molecule has 104 valence electrons. The van der Waals surface area contributed by atoms with Gasteiger partial charge in [0, 0.05) is 25.0 Å². The highest BCUT2D eigenvalue weighted by molar-refractivity contribution is 5.93. The number of nitrogens with two attached hydrogens (primary N) is 1. The maximum absolute atomic E-state index is 11.8. The summed E-state index contributed by atoms with van der Waals surface area (Å²) < 4.78 is 0. The van der Waals surface area contributed by atoms with E-state index in [2.05, 4.69) is 10.3 Å². The maximum atomic E-state index is 11.8. The van der Waals surface area contributed by atoms with Crippen LogP contribution in [-0.4, -0.2) is 35.0 Å². The molecule has 4 N–H and O–H groups in total. The molecule has 0 radical (unpaired) electrons. The molecular formula is C13H21N5O. The molecule has 2 amide bonds. The minimum absolute atomic E-state index is 0.227. The van der Waals surface area contributed by atoms with E-state index in [-0.39, 0.29) is 12.0 Å². The minimum Gasteiger partial charge on any atom is -0.370 e. The largest absolute Gasteiger partial charge is 0.370 e. The Balaban J connectivity index is 2.42. The van der Waals surface area contributed by atoms with Crippen molar-refractivity contribution in [3.63, 3.8) is 0 Å². The third kappa shape index (κ3) is 5.37. The van der Waals surface area contributed by atoms with Crippen LogP contribution in [0.5, 0.6) is 0 Å². The average Bonchev–Trinajstić information content (AvgIpc) is 2.41. The van der Waals surface area contributed by atoms with E-state index in [4.69, 9.17) is 11.1 Å². The van der Waals surface area contributed by atoms with Gasteiger partial charge in [0.2, 0.25) is 0 Å². The summed E-state index contributed by atoms with van der Waals surface area (Å²) in [7, 11) is 0. The van der Waals surface area contributed by atoms with Gasteiger partial charge in [-0.2, -0.15) is 0 Å². The number of rotatable bonds is 6. The van der Waals surface area contributed by atoms with Gasteiger partial charge in [0.05, 0.1) is 0 Å². The number of aromatic nitrogens is 1. The van der Waals surface area contributed by atoms with Gasteiger partial charge in [0.25, 0.3) is 0 Å². The SMILES string of the molecule is CCCNC(=O)N(CCCc1ccccn1)C(=N)N. The molecule has 0 aromatic carbocycles. The molecule has 0 saturated heterocycles. The van der Waals surface area contributed by atoms with Crippen LogP contribution in [0, 0.1) is 5.41 Å². The zero-order valence-corrected chi connectivity index (χ0v) is 11.2. The first-order valence-electron chi connectivity index (χ1n) is 6.44. The van der Waals surface area contributed by atoms with Gasteiger partial charge in [-0.15, -0.1) is 0 Å². The second-order valence-corrected chi connectivity index (χ2v) is 4.19. The highest BCUT2D eigenvalue weighted by Gasteiger charge is 2.14. The lowest BCUT2D eigenvalue weighted by Crippen LogP contribution is -2.47. The molecule has 6 nitrogen and oxygen atoms in total. The topological polar surface area (TPSA) is 95.1 Å². The highest BCUT2D eigenvalue weighted by Crippen LogP contribution is 2.00. The van der Waals surface area contributed by atoms with Crippen LogP contribution in [0.15, 0.2) is 24.4 Å². The molecule has 19 heavy (non-hydrogen) atoms. The summed E-state index contributed by atoms with van der Waals surface area (Å²) in [6.45, 7) is 2.98. The number of urea groups is 1. The molecule has 0 unspecified atom stereocenters. The van der Waals surface area contributed by atoms with E-state index in [0.717, 1.165) is 25.0 Å².